The average Bonchev–Trinajstić information content (AvgIpc) is 2.82. The first-order chi connectivity index (χ1) is 9.84. The third kappa shape index (κ3) is 3.17. The lowest BCUT2D eigenvalue weighted by atomic mass is 10.2. The first-order valence-corrected chi connectivity index (χ1v) is 8.48. The number of hydrogen-bond acceptors (Lipinski definition) is 6. The second-order valence-corrected chi connectivity index (χ2v) is 7.67. The summed E-state index contributed by atoms with van der Waals surface area (Å²) in [5.74, 6) is 0.0450. The van der Waals surface area contributed by atoms with Crippen molar-refractivity contribution in [2.45, 2.75) is 11.4 Å². The van der Waals surface area contributed by atoms with Gasteiger partial charge in [0.05, 0.1) is 0 Å². The molecule has 0 radical (unpaired) electrons. The van der Waals surface area contributed by atoms with Gasteiger partial charge < -0.3 is 10.6 Å². The van der Waals surface area contributed by atoms with Crippen LogP contribution in [0, 0.1) is 0 Å². The maximum Gasteiger partial charge on any atom is 0.249 e. The summed E-state index contributed by atoms with van der Waals surface area (Å²) in [6.45, 7) is 0.582. The monoisotopic (exact) mass is 326 g/mol. The third-order valence-electron chi connectivity index (χ3n) is 3.01. The van der Waals surface area contributed by atoms with Crippen molar-refractivity contribution in [1.82, 2.24) is 8.68 Å². The second kappa shape index (κ2) is 6.00. The maximum absolute atomic E-state index is 12.4. The van der Waals surface area contributed by atoms with Crippen LogP contribution in [0.3, 0.4) is 0 Å². The molecule has 0 saturated heterocycles. The van der Waals surface area contributed by atoms with Crippen molar-refractivity contribution in [1.29, 1.82) is 0 Å². The van der Waals surface area contributed by atoms with Gasteiger partial charge in [0.2, 0.25) is 10.0 Å². The highest BCUT2D eigenvalue weighted by molar-refractivity contribution is 7.89. The Hall–Kier alpha value is -1.64. The lowest BCUT2D eigenvalue weighted by Crippen LogP contribution is -2.25. The summed E-state index contributed by atoms with van der Waals surface area (Å²) in [6.07, 6.45) is 0. The lowest BCUT2D eigenvalue weighted by molar-refractivity contribution is 0.521. The molecule has 2 N–H and O–H groups in total. The van der Waals surface area contributed by atoms with Crippen molar-refractivity contribution in [3.8, 4) is 0 Å². The van der Waals surface area contributed by atoms with Gasteiger partial charge in [-0.2, -0.15) is 4.37 Å². The molecule has 8 heteroatoms. The molecule has 1 aromatic heterocycles. The molecule has 0 aliphatic heterocycles. The molecular formula is C13H18N4O2S2. The van der Waals surface area contributed by atoms with E-state index in [2.05, 4.69) is 4.37 Å². The smallest absolute Gasteiger partial charge is 0.249 e. The molecule has 0 bridgehead atoms. The molecule has 21 heavy (non-hydrogen) atoms. The molecule has 0 spiro atoms. The molecule has 0 aliphatic carbocycles. The van der Waals surface area contributed by atoms with E-state index in [4.69, 9.17) is 5.73 Å². The number of aromatic nitrogens is 1. The van der Waals surface area contributed by atoms with E-state index in [-0.39, 0.29) is 10.7 Å². The minimum atomic E-state index is -3.62. The number of sulfonamides is 1. The minimum Gasteiger partial charge on any atom is -0.382 e. The van der Waals surface area contributed by atoms with Gasteiger partial charge >= 0.3 is 0 Å². The fourth-order valence-corrected chi connectivity index (χ4v) is 4.09. The van der Waals surface area contributed by atoms with Gasteiger partial charge in [0, 0.05) is 27.7 Å². The second-order valence-electron chi connectivity index (χ2n) is 4.83. The van der Waals surface area contributed by atoms with E-state index >= 15 is 0 Å². The van der Waals surface area contributed by atoms with E-state index in [1.165, 1.54) is 14.1 Å². The molecule has 1 heterocycles. The van der Waals surface area contributed by atoms with Gasteiger partial charge in [0.25, 0.3) is 0 Å². The highest BCUT2D eigenvalue weighted by atomic mass is 32.2. The first kappa shape index (κ1) is 15.7. The summed E-state index contributed by atoms with van der Waals surface area (Å²) < 4.78 is 29.9. The standard InChI is InChI=1S/C13H18N4O2S2/c1-16(2)21(18,19)11-12(14)15-20-13(11)17(3)9-10-7-5-4-6-8-10/h4-8H,9H2,1-3H3,(H2,14,15). The van der Waals surface area contributed by atoms with E-state index in [9.17, 15) is 8.42 Å². The van der Waals surface area contributed by atoms with Gasteiger partial charge in [0.15, 0.2) is 10.7 Å². The molecule has 6 nitrogen and oxygen atoms in total. The van der Waals surface area contributed by atoms with E-state index in [1.54, 1.807) is 0 Å². The van der Waals surface area contributed by atoms with Crippen molar-refractivity contribution in [3.05, 3.63) is 35.9 Å². The fourth-order valence-electron chi connectivity index (χ4n) is 1.88. The number of benzene rings is 1. The van der Waals surface area contributed by atoms with Gasteiger partial charge in [0.1, 0.15) is 5.00 Å². The van der Waals surface area contributed by atoms with E-state index < -0.39 is 10.0 Å². The van der Waals surface area contributed by atoms with Crippen LogP contribution in [0.25, 0.3) is 0 Å². The van der Waals surface area contributed by atoms with Crippen LogP contribution in [0.15, 0.2) is 35.2 Å². The number of anilines is 2. The molecule has 1 aromatic carbocycles. The van der Waals surface area contributed by atoms with Crippen LogP contribution in [0.4, 0.5) is 10.8 Å². The quantitative estimate of drug-likeness (QED) is 0.903. The summed E-state index contributed by atoms with van der Waals surface area (Å²) in [6, 6.07) is 9.81. The van der Waals surface area contributed by atoms with Crippen LogP contribution in [-0.2, 0) is 16.6 Å². The lowest BCUT2D eigenvalue weighted by Gasteiger charge is -2.20. The van der Waals surface area contributed by atoms with Crippen LogP contribution >= 0.6 is 11.5 Å². The molecule has 0 fully saturated rings. The molecule has 114 valence electrons. The summed E-state index contributed by atoms with van der Waals surface area (Å²) in [4.78, 5) is 1.93. The molecule has 0 aliphatic rings. The summed E-state index contributed by atoms with van der Waals surface area (Å²) >= 11 is 1.09. The van der Waals surface area contributed by atoms with Gasteiger partial charge in [-0.3, -0.25) is 0 Å². The highest BCUT2D eigenvalue weighted by Gasteiger charge is 2.29. The molecule has 0 atom stereocenters. The Morgan fingerprint density at radius 3 is 2.38 bits per heavy atom. The maximum atomic E-state index is 12.4. The van der Waals surface area contributed by atoms with Crippen LogP contribution in [0.1, 0.15) is 5.56 Å². The molecular weight excluding hydrogens is 308 g/mol. The largest absolute Gasteiger partial charge is 0.382 e. The topological polar surface area (TPSA) is 79.5 Å². The number of nitrogens with two attached hydrogens (primary N) is 1. The molecule has 2 aromatic rings. The molecule has 0 saturated carbocycles. The first-order valence-electron chi connectivity index (χ1n) is 6.26. The Labute approximate surface area is 129 Å². The van der Waals surface area contributed by atoms with Crippen molar-refractivity contribution < 1.29 is 8.42 Å². The van der Waals surface area contributed by atoms with E-state index in [0.717, 1.165) is 21.4 Å². The predicted molar refractivity (Wildman–Crippen MR) is 85.9 cm³/mol. The van der Waals surface area contributed by atoms with Crippen molar-refractivity contribution in [2.75, 3.05) is 31.8 Å². The van der Waals surface area contributed by atoms with E-state index in [0.29, 0.717) is 11.5 Å². The zero-order chi connectivity index (χ0) is 15.6. The van der Waals surface area contributed by atoms with Gasteiger partial charge in [-0.1, -0.05) is 30.3 Å². The van der Waals surface area contributed by atoms with Crippen molar-refractivity contribution in [3.63, 3.8) is 0 Å². The Morgan fingerprint density at radius 2 is 1.81 bits per heavy atom. The predicted octanol–water partition coefficient (Wildman–Crippen LogP) is 1.61. The third-order valence-corrected chi connectivity index (χ3v) is 5.99. The number of nitrogens with zero attached hydrogens (tertiary/aromatic N) is 3. The van der Waals surface area contributed by atoms with Crippen LogP contribution in [-0.4, -0.2) is 38.2 Å². The Balaban J connectivity index is 2.38. The molecule has 0 amide bonds. The zero-order valence-corrected chi connectivity index (χ0v) is 13.8. The molecule has 0 unspecified atom stereocenters. The van der Waals surface area contributed by atoms with Gasteiger partial charge in [-0.25, -0.2) is 12.7 Å². The fraction of sp³-hybridized carbons (Fsp3) is 0.308. The summed E-state index contributed by atoms with van der Waals surface area (Å²) in [7, 11) is 1.17. The number of rotatable bonds is 5. The normalized spacial score (nSPS) is 11.8. The Morgan fingerprint density at radius 1 is 1.19 bits per heavy atom. The number of nitrogen functional groups attached to an aromatic ring is 1. The van der Waals surface area contributed by atoms with E-state index in [1.807, 2.05) is 42.3 Å². The Bertz CT molecular complexity index is 711. The SMILES string of the molecule is CN(Cc1ccccc1)c1snc(N)c1S(=O)(=O)N(C)C. The summed E-state index contributed by atoms with van der Waals surface area (Å²) in [5, 5.41) is 0.546. The van der Waals surface area contributed by atoms with Crippen molar-refractivity contribution >= 4 is 32.4 Å². The van der Waals surface area contributed by atoms with Crippen molar-refractivity contribution in [2.24, 2.45) is 0 Å². The minimum absolute atomic E-state index is 0.0450. The van der Waals surface area contributed by atoms with Crippen LogP contribution in [0.2, 0.25) is 0 Å². The number of hydrogen-bond donors (Lipinski definition) is 1. The molecule has 2 rings (SSSR count). The van der Waals surface area contributed by atoms with Gasteiger partial charge in [-0.05, 0) is 17.1 Å². The average molecular weight is 326 g/mol. The summed E-state index contributed by atoms with van der Waals surface area (Å²) in [5.41, 5.74) is 6.85. The Kier molecular flexibility index (Phi) is 4.50. The highest BCUT2D eigenvalue weighted by Crippen LogP contribution is 2.35. The van der Waals surface area contributed by atoms with Crippen LogP contribution in [0.5, 0.6) is 0 Å². The van der Waals surface area contributed by atoms with Gasteiger partial charge in [-0.15, -0.1) is 0 Å². The zero-order valence-electron chi connectivity index (χ0n) is 12.1. The van der Waals surface area contributed by atoms with Crippen LogP contribution < -0.4 is 10.6 Å².